The summed E-state index contributed by atoms with van der Waals surface area (Å²) < 4.78 is 40.7. The molecular weight excluding hydrogens is 348 g/mol. The van der Waals surface area contributed by atoms with E-state index < -0.39 is 6.36 Å². The molecule has 0 amide bonds. The number of alkyl halides is 3. The standard InChI is InChI=1S/C11H14BrF3N2O.ClH/c12-8-4-7(10(17)2-1-3-16)5-9(6-8)18-11(13,14)15;/h4-6,10H,1-3,16-17H2;1H/t10-;/m0./s1. The van der Waals surface area contributed by atoms with Crippen molar-refractivity contribution < 1.29 is 17.9 Å². The molecule has 1 aromatic carbocycles. The molecule has 3 nitrogen and oxygen atoms in total. The molecule has 0 bridgehead atoms. The molecular formula is C11H15BrClF3N2O. The van der Waals surface area contributed by atoms with E-state index in [4.69, 9.17) is 11.5 Å². The fraction of sp³-hybridized carbons (Fsp3) is 0.455. The lowest BCUT2D eigenvalue weighted by atomic mass is 10.0. The van der Waals surface area contributed by atoms with Crippen molar-refractivity contribution >= 4 is 28.3 Å². The molecule has 8 heteroatoms. The van der Waals surface area contributed by atoms with Gasteiger partial charge in [0.25, 0.3) is 0 Å². The van der Waals surface area contributed by atoms with E-state index in [1.807, 2.05) is 0 Å². The molecule has 1 rings (SSSR count). The van der Waals surface area contributed by atoms with E-state index in [-0.39, 0.29) is 24.2 Å². The molecule has 1 atom stereocenters. The van der Waals surface area contributed by atoms with Gasteiger partial charge in [-0.05, 0) is 43.1 Å². The van der Waals surface area contributed by atoms with Gasteiger partial charge in [-0.15, -0.1) is 25.6 Å². The number of nitrogens with two attached hydrogens (primary N) is 2. The number of hydrogen-bond acceptors (Lipinski definition) is 3. The zero-order valence-electron chi connectivity index (χ0n) is 9.91. The van der Waals surface area contributed by atoms with Crippen LogP contribution in [0.1, 0.15) is 24.4 Å². The summed E-state index contributed by atoms with van der Waals surface area (Å²) in [4.78, 5) is 0. The van der Waals surface area contributed by atoms with Gasteiger partial charge in [0.2, 0.25) is 0 Å². The van der Waals surface area contributed by atoms with Crippen molar-refractivity contribution in [2.75, 3.05) is 6.54 Å². The third-order valence-electron chi connectivity index (χ3n) is 2.27. The van der Waals surface area contributed by atoms with Crippen LogP contribution in [0.2, 0.25) is 0 Å². The molecule has 1 aromatic rings. The van der Waals surface area contributed by atoms with Crippen LogP contribution in [0.15, 0.2) is 22.7 Å². The number of benzene rings is 1. The van der Waals surface area contributed by atoms with E-state index >= 15 is 0 Å². The summed E-state index contributed by atoms with van der Waals surface area (Å²) in [5.41, 5.74) is 11.8. The first-order valence-corrected chi connectivity index (χ1v) is 6.13. The van der Waals surface area contributed by atoms with Crippen LogP contribution in [0.3, 0.4) is 0 Å². The number of ether oxygens (including phenoxy) is 1. The van der Waals surface area contributed by atoms with E-state index in [2.05, 4.69) is 20.7 Å². The highest BCUT2D eigenvalue weighted by Gasteiger charge is 2.31. The molecule has 0 aliphatic rings. The smallest absolute Gasteiger partial charge is 0.406 e. The Bertz CT molecular complexity index is 404. The van der Waals surface area contributed by atoms with Gasteiger partial charge < -0.3 is 16.2 Å². The number of rotatable bonds is 5. The summed E-state index contributed by atoms with van der Waals surface area (Å²) in [5, 5.41) is 0. The summed E-state index contributed by atoms with van der Waals surface area (Å²) in [6.45, 7) is 0.494. The fourth-order valence-corrected chi connectivity index (χ4v) is 1.99. The second kappa shape index (κ2) is 7.94. The second-order valence-corrected chi connectivity index (χ2v) is 4.72. The Morgan fingerprint density at radius 1 is 1.26 bits per heavy atom. The lowest BCUT2D eigenvalue weighted by molar-refractivity contribution is -0.274. The summed E-state index contributed by atoms with van der Waals surface area (Å²) in [6, 6.07) is 3.85. The molecule has 0 unspecified atom stereocenters. The number of hydrogen-bond donors (Lipinski definition) is 2. The van der Waals surface area contributed by atoms with Gasteiger partial charge >= 0.3 is 6.36 Å². The van der Waals surface area contributed by atoms with Crippen molar-refractivity contribution in [3.8, 4) is 5.75 Å². The maximum absolute atomic E-state index is 12.1. The molecule has 0 aromatic heterocycles. The van der Waals surface area contributed by atoms with E-state index in [1.54, 1.807) is 6.07 Å². The Balaban J connectivity index is 0.00000324. The van der Waals surface area contributed by atoms with Crippen molar-refractivity contribution in [2.45, 2.75) is 25.2 Å². The molecule has 0 spiro atoms. The molecule has 0 aliphatic heterocycles. The molecule has 0 saturated carbocycles. The van der Waals surface area contributed by atoms with Crippen LogP contribution in [-0.2, 0) is 0 Å². The molecule has 0 radical (unpaired) electrons. The zero-order valence-corrected chi connectivity index (χ0v) is 12.3. The van der Waals surface area contributed by atoms with E-state index in [0.29, 0.717) is 29.4 Å². The Hall–Kier alpha value is -0.500. The van der Waals surface area contributed by atoms with Crippen molar-refractivity contribution in [3.05, 3.63) is 28.2 Å². The zero-order chi connectivity index (χ0) is 13.8. The second-order valence-electron chi connectivity index (χ2n) is 3.81. The Morgan fingerprint density at radius 2 is 1.89 bits per heavy atom. The van der Waals surface area contributed by atoms with E-state index in [9.17, 15) is 13.2 Å². The molecule has 110 valence electrons. The van der Waals surface area contributed by atoms with Gasteiger partial charge in [-0.2, -0.15) is 0 Å². The van der Waals surface area contributed by atoms with Crippen LogP contribution in [0.5, 0.6) is 5.75 Å². The maximum atomic E-state index is 12.1. The average molecular weight is 364 g/mol. The third kappa shape index (κ3) is 7.00. The van der Waals surface area contributed by atoms with Gasteiger partial charge in [-0.1, -0.05) is 15.9 Å². The van der Waals surface area contributed by atoms with E-state index in [1.165, 1.54) is 12.1 Å². The van der Waals surface area contributed by atoms with Crippen LogP contribution in [0.4, 0.5) is 13.2 Å². The molecule has 4 N–H and O–H groups in total. The Kier molecular flexibility index (Phi) is 7.73. The third-order valence-corrected chi connectivity index (χ3v) is 2.73. The highest BCUT2D eigenvalue weighted by atomic mass is 79.9. The van der Waals surface area contributed by atoms with Gasteiger partial charge in [0, 0.05) is 10.5 Å². The first-order chi connectivity index (χ1) is 8.31. The van der Waals surface area contributed by atoms with Crippen LogP contribution in [0.25, 0.3) is 0 Å². The minimum atomic E-state index is -4.71. The van der Waals surface area contributed by atoms with E-state index in [0.717, 1.165) is 0 Å². The summed E-state index contributed by atoms with van der Waals surface area (Å²) >= 11 is 3.13. The van der Waals surface area contributed by atoms with Gasteiger partial charge in [0.15, 0.2) is 0 Å². The Morgan fingerprint density at radius 3 is 2.42 bits per heavy atom. The van der Waals surface area contributed by atoms with Crippen molar-refractivity contribution in [2.24, 2.45) is 11.5 Å². The predicted octanol–water partition coefficient (Wildman–Crippen LogP) is 3.51. The normalized spacial score (nSPS) is 12.7. The summed E-state index contributed by atoms with van der Waals surface area (Å²) in [5.74, 6) is -0.282. The van der Waals surface area contributed by atoms with Crippen molar-refractivity contribution in [1.29, 1.82) is 0 Å². The maximum Gasteiger partial charge on any atom is 0.573 e. The van der Waals surface area contributed by atoms with Crippen molar-refractivity contribution in [1.82, 2.24) is 0 Å². The van der Waals surface area contributed by atoms with Crippen LogP contribution >= 0.6 is 28.3 Å². The van der Waals surface area contributed by atoms with Gasteiger partial charge in [-0.3, -0.25) is 0 Å². The molecule has 0 heterocycles. The molecule has 0 saturated heterocycles. The molecule has 0 aliphatic carbocycles. The topological polar surface area (TPSA) is 61.3 Å². The summed E-state index contributed by atoms with van der Waals surface area (Å²) in [6.07, 6.45) is -3.39. The van der Waals surface area contributed by atoms with Crippen LogP contribution in [-0.4, -0.2) is 12.9 Å². The highest BCUT2D eigenvalue weighted by molar-refractivity contribution is 9.10. The quantitative estimate of drug-likeness (QED) is 0.841. The van der Waals surface area contributed by atoms with Crippen LogP contribution < -0.4 is 16.2 Å². The summed E-state index contributed by atoms with van der Waals surface area (Å²) in [7, 11) is 0. The molecule has 19 heavy (non-hydrogen) atoms. The van der Waals surface area contributed by atoms with Crippen molar-refractivity contribution in [3.63, 3.8) is 0 Å². The lowest BCUT2D eigenvalue weighted by Gasteiger charge is -2.15. The van der Waals surface area contributed by atoms with Gasteiger partial charge in [-0.25, -0.2) is 0 Å². The minimum absolute atomic E-state index is 0. The highest BCUT2D eigenvalue weighted by Crippen LogP contribution is 2.29. The average Bonchev–Trinajstić information content (AvgIpc) is 2.22. The first kappa shape index (κ1) is 18.5. The predicted molar refractivity (Wildman–Crippen MR) is 73.3 cm³/mol. The Labute approximate surface area is 124 Å². The minimum Gasteiger partial charge on any atom is -0.406 e. The monoisotopic (exact) mass is 362 g/mol. The van der Waals surface area contributed by atoms with Gasteiger partial charge in [0.1, 0.15) is 5.75 Å². The number of halogens is 5. The fourth-order valence-electron chi connectivity index (χ4n) is 1.50. The SMILES string of the molecule is Cl.NCCC[C@H](N)c1cc(Br)cc(OC(F)(F)F)c1. The largest absolute Gasteiger partial charge is 0.573 e. The molecule has 0 fully saturated rings. The van der Waals surface area contributed by atoms with Gasteiger partial charge in [0.05, 0.1) is 0 Å². The first-order valence-electron chi connectivity index (χ1n) is 5.33. The van der Waals surface area contributed by atoms with Crippen LogP contribution in [0, 0.1) is 0 Å². The lowest BCUT2D eigenvalue weighted by Crippen LogP contribution is -2.18.